The van der Waals surface area contributed by atoms with Gasteiger partial charge in [0.1, 0.15) is 0 Å². The Hall–Kier alpha value is -1.72. The van der Waals surface area contributed by atoms with E-state index in [0.29, 0.717) is 6.04 Å². The molecular formula is C19H23N3OS. The van der Waals surface area contributed by atoms with Crippen molar-refractivity contribution < 1.29 is 4.79 Å². The summed E-state index contributed by atoms with van der Waals surface area (Å²) in [6, 6.07) is 10.6. The molecule has 2 aliphatic rings. The highest BCUT2D eigenvalue weighted by Crippen LogP contribution is 2.28. The molecular weight excluding hydrogens is 318 g/mol. The SMILES string of the molecule is O=C1NC(CCc2nc(-c3ccccc3)cs2)NC2CCCCC12. The molecule has 3 atom stereocenters. The predicted molar refractivity (Wildman–Crippen MR) is 96.7 cm³/mol. The second kappa shape index (κ2) is 7.03. The van der Waals surface area contributed by atoms with E-state index in [1.165, 1.54) is 12.8 Å². The second-order valence-corrected chi connectivity index (χ2v) is 7.70. The number of rotatable bonds is 4. The summed E-state index contributed by atoms with van der Waals surface area (Å²) in [6.45, 7) is 0. The average molecular weight is 341 g/mol. The highest BCUT2D eigenvalue weighted by atomic mass is 32.1. The van der Waals surface area contributed by atoms with E-state index in [9.17, 15) is 4.79 Å². The third-order valence-electron chi connectivity index (χ3n) is 5.10. The van der Waals surface area contributed by atoms with Gasteiger partial charge in [-0.25, -0.2) is 4.98 Å². The van der Waals surface area contributed by atoms with Crippen molar-refractivity contribution in [2.24, 2.45) is 5.92 Å². The quantitative estimate of drug-likeness (QED) is 0.897. The smallest absolute Gasteiger partial charge is 0.225 e. The summed E-state index contributed by atoms with van der Waals surface area (Å²) < 4.78 is 0. The summed E-state index contributed by atoms with van der Waals surface area (Å²) in [7, 11) is 0. The molecule has 4 rings (SSSR count). The summed E-state index contributed by atoms with van der Waals surface area (Å²) in [4.78, 5) is 17.0. The van der Waals surface area contributed by atoms with Crippen molar-refractivity contribution in [3.8, 4) is 11.3 Å². The molecule has 24 heavy (non-hydrogen) atoms. The zero-order chi connectivity index (χ0) is 16.4. The lowest BCUT2D eigenvalue weighted by atomic mass is 9.82. The van der Waals surface area contributed by atoms with Crippen LogP contribution < -0.4 is 10.6 Å². The minimum absolute atomic E-state index is 0.0842. The van der Waals surface area contributed by atoms with E-state index in [4.69, 9.17) is 4.98 Å². The Balaban J connectivity index is 1.35. The summed E-state index contributed by atoms with van der Waals surface area (Å²) in [5.41, 5.74) is 2.21. The van der Waals surface area contributed by atoms with Crippen LogP contribution in [0.2, 0.25) is 0 Å². The third-order valence-corrected chi connectivity index (χ3v) is 6.01. The van der Waals surface area contributed by atoms with Crippen molar-refractivity contribution in [1.29, 1.82) is 0 Å². The highest BCUT2D eigenvalue weighted by molar-refractivity contribution is 7.09. The molecule has 1 aromatic carbocycles. The van der Waals surface area contributed by atoms with Crippen molar-refractivity contribution in [2.75, 3.05) is 0 Å². The van der Waals surface area contributed by atoms with Crippen LogP contribution in [0.4, 0.5) is 0 Å². The molecule has 1 amide bonds. The molecule has 1 aliphatic carbocycles. The molecule has 2 N–H and O–H groups in total. The van der Waals surface area contributed by atoms with Crippen LogP contribution in [0, 0.1) is 5.92 Å². The number of carbonyl (C=O) groups excluding carboxylic acids is 1. The molecule has 0 spiro atoms. The largest absolute Gasteiger partial charge is 0.340 e. The molecule has 1 aliphatic heterocycles. The van der Waals surface area contributed by atoms with Gasteiger partial charge < -0.3 is 5.32 Å². The van der Waals surface area contributed by atoms with E-state index < -0.39 is 0 Å². The molecule has 2 heterocycles. The van der Waals surface area contributed by atoms with Crippen molar-refractivity contribution in [3.05, 3.63) is 40.7 Å². The monoisotopic (exact) mass is 341 g/mol. The minimum atomic E-state index is 0.0842. The number of aromatic nitrogens is 1. The Morgan fingerprint density at radius 2 is 2.00 bits per heavy atom. The van der Waals surface area contributed by atoms with E-state index >= 15 is 0 Å². The van der Waals surface area contributed by atoms with Gasteiger partial charge in [-0.05, 0) is 19.3 Å². The van der Waals surface area contributed by atoms with E-state index in [1.807, 2.05) is 18.2 Å². The first-order chi connectivity index (χ1) is 11.8. The Morgan fingerprint density at radius 1 is 1.17 bits per heavy atom. The van der Waals surface area contributed by atoms with Gasteiger partial charge in [0.2, 0.25) is 5.91 Å². The van der Waals surface area contributed by atoms with Gasteiger partial charge in [0.25, 0.3) is 0 Å². The zero-order valence-electron chi connectivity index (χ0n) is 13.7. The van der Waals surface area contributed by atoms with Crippen LogP contribution in [0.15, 0.2) is 35.7 Å². The van der Waals surface area contributed by atoms with Crippen LogP contribution in [-0.4, -0.2) is 23.1 Å². The number of hydrogen-bond acceptors (Lipinski definition) is 4. The molecule has 4 nitrogen and oxygen atoms in total. The Bertz CT molecular complexity index is 700. The Morgan fingerprint density at radius 3 is 2.88 bits per heavy atom. The standard InChI is InChI=1S/C19H23N3OS/c23-19-14-8-4-5-9-15(14)20-17(22-19)10-11-18-21-16(12-24-18)13-6-2-1-3-7-13/h1-3,6-7,12,14-15,17,20H,4-5,8-11H2,(H,22,23). The topological polar surface area (TPSA) is 54.0 Å². The second-order valence-electron chi connectivity index (χ2n) is 6.76. The maximum absolute atomic E-state index is 12.3. The number of aryl methyl sites for hydroxylation is 1. The molecule has 126 valence electrons. The van der Waals surface area contributed by atoms with Crippen molar-refractivity contribution >= 4 is 17.2 Å². The molecule has 2 fully saturated rings. The molecule has 5 heteroatoms. The van der Waals surface area contributed by atoms with Crippen LogP contribution in [0.25, 0.3) is 11.3 Å². The molecule has 0 radical (unpaired) electrons. The number of carbonyl (C=O) groups is 1. The first-order valence-corrected chi connectivity index (χ1v) is 9.74. The van der Waals surface area contributed by atoms with E-state index in [-0.39, 0.29) is 18.0 Å². The first kappa shape index (κ1) is 15.8. The van der Waals surface area contributed by atoms with E-state index in [1.54, 1.807) is 11.3 Å². The summed E-state index contributed by atoms with van der Waals surface area (Å²) >= 11 is 1.70. The van der Waals surface area contributed by atoms with Gasteiger partial charge in [-0.3, -0.25) is 10.1 Å². The lowest BCUT2D eigenvalue weighted by molar-refractivity contribution is -0.130. The molecule has 1 saturated heterocycles. The van der Waals surface area contributed by atoms with Gasteiger partial charge in [0.15, 0.2) is 0 Å². The van der Waals surface area contributed by atoms with Crippen molar-refractivity contribution in [2.45, 2.75) is 50.7 Å². The van der Waals surface area contributed by atoms with Gasteiger partial charge in [0.05, 0.1) is 22.8 Å². The lowest BCUT2D eigenvalue weighted by Gasteiger charge is -2.40. The molecule has 1 aromatic heterocycles. The van der Waals surface area contributed by atoms with Crippen LogP contribution in [-0.2, 0) is 11.2 Å². The predicted octanol–water partition coefficient (Wildman–Crippen LogP) is 3.35. The normalized spacial score (nSPS) is 26.7. The number of thiazole rings is 1. The number of fused-ring (bicyclic) bond motifs is 1. The molecule has 0 bridgehead atoms. The fraction of sp³-hybridized carbons (Fsp3) is 0.474. The van der Waals surface area contributed by atoms with Gasteiger partial charge in [-0.1, -0.05) is 43.2 Å². The van der Waals surface area contributed by atoms with Crippen LogP contribution >= 0.6 is 11.3 Å². The van der Waals surface area contributed by atoms with E-state index in [2.05, 4.69) is 28.1 Å². The van der Waals surface area contributed by atoms with Crippen LogP contribution in [0.5, 0.6) is 0 Å². The maximum Gasteiger partial charge on any atom is 0.225 e. The zero-order valence-corrected chi connectivity index (χ0v) is 14.5. The van der Waals surface area contributed by atoms with Crippen LogP contribution in [0.3, 0.4) is 0 Å². The maximum atomic E-state index is 12.3. The molecule has 2 aromatic rings. The number of nitrogens with zero attached hydrogens (tertiary/aromatic N) is 1. The number of hydrogen-bond donors (Lipinski definition) is 2. The third kappa shape index (κ3) is 3.37. The highest BCUT2D eigenvalue weighted by Gasteiger charge is 2.36. The fourth-order valence-corrected chi connectivity index (χ4v) is 4.64. The minimum Gasteiger partial charge on any atom is -0.340 e. The Kier molecular flexibility index (Phi) is 4.63. The molecule has 3 unspecified atom stereocenters. The van der Waals surface area contributed by atoms with Crippen molar-refractivity contribution in [1.82, 2.24) is 15.6 Å². The van der Waals surface area contributed by atoms with Gasteiger partial charge in [-0.15, -0.1) is 11.3 Å². The van der Waals surface area contributed by atoms with Crippen molar-refractivity contribution in [3.63, 3.8) is 0 Å². The summed E-state index contributed by atoms with van der Waals surface area (Å²) in [6.07, 6.45) is 6.46. The number of nitrogens with one attached hydrogen (secondary N) is 2. The summed E-state index contributed by atoms with van der Waals surface area (Å²) in [5, 5.41) is 10.0. The van der Waals surface area contributed by atoms with E-state index in [0.717, 1.165) is 41.9 Å². The summed E-state index contributed by atoms with van der Waals surface area (Å²) in [5.74, 6) is 0.423. The first-order valence-electron chi connectivity index (χ1n) is 8.86. The molecule has 1 saturated carbocycles. The van der Waals surface area contributed by atoms with Gasteiger partial charge in [0, 0.05) is 23.4 Å². The fourth-order valence-electron chi connectivity index (χ4n) is 3.81. The average Bonchev–Trinajstić information content (AvgIpc) is 3.10. The van der Waals surface area contributed by atoms with Gasteiger partial charge >= 0.3 is 0 Å². The lowest BCUT2D eigenvalue weighted by Crippen LogP contribution is -2.62. The number of amides is 1. The van der Waals surface area contributed by atoms with Gasteiger partial charge in [-0.2, -0.15) is 0 Å². The Labute approximate surface area is 146 Å². The number of benzene rings is 1. The van der Waals surface area contributed by atoms with Crippen LogP contribution in [0.1, 0.15) is 37.1 Å².